The zero-order chi connectivity index (χ0) is 13.7. The number of hydrogen-bond donors (Lipinski definition) is 2. The third-order valence-electron chi connectivity index (χ3n) is 2.11. The summed E-state index contributed by atoms with van der Waals surface area (Å²) in [6.07, 6.45) is 0. The SMILES string of the molecule is CCN(CC(=O)O)C(=O)Nc1cc(F)cc(F)c1. The van der Waals surface area contributed by atoms with Gasteiger partial charge in [0, 0.05) is 18.3 Å². The minimum absolute atomic E-state index is 0.0682. The fourth-order valence-corrected chi connectivity index (χ4v) is 1.32. The molecule has 0 atom stereocenters. The maximum absolute atomic E-state index is 12.9. The number of rotatable bonds is 4. The largest absolute Gasteiger partial charge is 0.480 e. The van der Waals surface area contributed by atoms with Crippen LogP contribution in [-0.2, 0) is 4.79 Å². The summed E-state index contributed by atoms with van der Waals surface area (Å²) >= 11 is 0. The Morgan fingerprint density at radius 1 is 1.28 bits per heavy atom. The maximum Gasteiger partial charge on any atom is 0.323 e. The van der Waals surface area contributed by atoms with E-state index < -0.39 is 30.2 Å². The number of benzene rings is 1. The van der Waals surface area contributed by atoms with Crippen LogP contribution in [0, 0.1) is 11.6 Å². The Balaban J connectivity index is 2.76. The molecule has 0 saturated heterocycles. The van der Waals surface area contributed by atoms with Gasteiger partial charge in [-0.05, 0) is 19.1 Å². The summed E-state index contributed by atoms with van der Waals surface area (Å²) in [6, 6.07) is 1.82. The molecule has 2 N–H and O–H groups in total. The molecule has 0 aliphatic rings. The standard InChI is InChI=1S/C11H12F2N2O3/c1-2-15(6-10(16)17)11(18)14-9-4-7(12)3-8(13)5-9/h3-5H,2,6H2,1H3,(H,14,18)(H,16,17). The first-order valence-corrected chi connectivity index (χ1v) is 5.16. The fraction of sp³-hybridized carbons (Fsp3) is 0.273. The highest BCUT2D eigenvalue weighted by molar-refractivity contribution is 5.91. The molecule has 1 aromatic rings. The second-order valence-corrected chi connectivity index (χ2v) is 3.50. The number of halogens is 2. The summed E-state index contributed by atoms with van der Waals surface area (Å²) in [4.78, 5) is 23.1. The number of amides is 2. The molecule has 0 aliphatic carbocycles. The van der Waals surface area contributed by atoms with E-state index in [1.54, 1.807) is 6.92 Å². The Labute approximate surface area is 102 Å². The molecule has 0 spiro atoms. The van der Waals surface area contributed by atoms with Gasteiger partial charge in [-0.15, -0.1) is 0 Å². The first-order chi connectivity index (χ1) is 8.42. The van der Waals surface area contributed by atoms with Gasteiger partial charge in [-0.1, -0.05) is 0 Å². The molecule has 0 fully saturated rings. The van der Waals surface area contributed by atoms with Crippen molar-refractivity contribution >= 4 is 17.7 Å². The van der Waals surface area contributed by atoms with Crippen molar-refractivity contribution in [3.05, 3.63) is 29.8 Å². The summed E-state index contributed by atoms with van der Waals surface area (Å²) in [5.74, 6) is -2.82. The third kappa shape index (κ3) is 4.00. The van der Waals surface area contributed by atoms with E-state index in [1.807, 2.05) is 0 Å². The maximum atomic E-state index is 12.9. The molecule has 0 saturated carbocycles. The average molecular weight is 258 g/mol. The second kappa shape index (κ2) is 5.95. The smallest absolute Gasteiger partial charge is 0.323 e. The van der Waals surface area contributed by atoms with Crippen LogP contribution in [0.2, 0.25) is 0 Å². The van der Waals surface area contributed by atoms with E-state index in [1.165, 1.54) is 0 Å². The van der Waals surface area contributed by atoms with Gasteiger partial charge in [0.2, 0.25) is 0 Å². The summed E-state index contributed by atoms with van der Waals surface area (Å²) in [7, 11) is 0. The molecule has 1 rings (SSSR count). The number of carboxylic acid groups (broad SMARTS) is 1. The Morgan fingerprint density at radius 2 is 1.83 bits per heavy atom. The van der Waals surface area contributed by atoms with Crippen molar-refractivity contribution < 1.29 is 23.5 Å². The molecule has 0 unspecified atom stereocenters. The van der Waals surface area contributed by atoms with E-state index in [-0.39, 0.29) is 12.2 Å². The molecule has 0 bridgehead atoms. The predicted molar refractivity (Wildman–Crippen MR) is 60.3 cm³/mol. The predicted octanol–water partition coefficient (Wildman–Crippen LogP) is 1.90. The molecular formula is C11H12F2N2O3. The van der Waals surface area contributed by atoms with Gasteiger partial charge in [-0.25, -0.2) is 13.6 Å². The van der Waals surface area contributed by atoms with Gasteiger partial charge in [0.25, 0.3) is 0 Å². The van der Waals surface area contributed by atoms with Crippen molar-refractivity contribution in [3.63, 3.8) is 0 Å². The third-order valence-corrected chi connectivity index (χ3v) is 2.11. The lowest BCUT2D eigenvalue weighted by molar-refractivity contribution is -0.137. The lowest BCUT2D eigenvalue weighted by atomic mass is 10.3. The summed E-state index contributed by atoms with van der Waals surface area (Å²) in [5.41, 5.74) is -0.0682. The Morgan fingerprint density at radius 3 is 2.28 bits per heavy atom. The van der Waals surface area contributed by atoms with Crippen LogP contribution in [0.5, 0.6) is 0 Å². The molecule has 1 aromatic carbocycles. The van der Waals surface area contributed by atoms with Gasteiger partial charge in [0.05, 0.1) is 0 Å². The van der Waals surface area contributed by atoms with Gasteiger partial charge in [-0.3, -0.25) is 4.79 Å². The van der Waals surface area contributed by atoms with E-state index in [2.05, 4.69) is 5.32 Å². The van der Waals surface area contributed by atoms with Crippen molar-refractivity contribution in [2.24, 2.45) is 0 Å². The van der Waals surface area contributed by atoms with Crippen LogP contribution in [0.15, 0.2) is 18.2 Å². The Bertz CT molecular complexity index is 445. The number of hydrogen-bond acceptors (Lipinski definition) is 2. The number of aliphatic carboxylic acids is 1. The number of urea groups is 1. The number of nitrogens with zero attached hydrogens (tertiary/aromatic N) is 1. The Kier molecular flexibility index (Phi) is 4.59. The van der Waals surface area contributed by atoms with Gasteiger partial charge in [0.1, 0.15) is 18.2 Å². The number of carbonyl (C=O) groups is 2. The van der Waals surface area contributed by atoms with E-state index in [4.69, 9.17) is 5.11 Å². The van der Waals surface area contributed by atoms with Gasteiger partial charge in [-0.2, -0.15) is 0 Å². The van der Waals surface area contributed by atoms with Crippen LogP contribution in [0.3, 0.4) is 0 Å². The topological polar surface area (TPSA) is 69.6 Å². The van der Waals surface area contributed by atoms with E-state index in [0.717, 1.165) is 17.0 Å². The van der Waals surface area contributed by atoms with Crippen molar-refractivity contribution in [1.29, 1.82) is 0 Å². The number of anilines is 1. The van der Waals surface area contributed by atoms with Crippen LogP contribution in [-0.4, -0.2) is 35.1 Å². The van der Waals surface area contributed by atoms with E-state index in [0.29, 0.717) is 6.07 Å². The van der Waals surface area contributed by atoms with Crippen molar-refractivity contribution in [3.8, 4) is 0 Å². The molecule has 7 heteroatoms. The van der Waals surface area contributed by atoms with Crippen LogP contribution in [0.1, 0.15) is 6.92 Å². The zero-order valence-electron chi connectivity index (χ0n) is 9.61. The number of nitrogens with one attached hydrogen (secondary N) is 1. The zero-order valence-corrected chi connectivity index (χ0v) is 9.61. The van der Waals surface area contributed by atoms with Crippen LogP contribution in [0.4, 0.5) is 19.3 Å². The molecular weight excluding hydrogens is 246 g/mol. The Hall–Kier alpha value is -2.18. The van der Waals surface area contributed by atoms with Crippen LogP contribution >= 0.6 is 0 Å². The molecule has 0 radical (unpaired) electrons. The molecule has 18 heavy (non-hydrogen) atoms. The molecule has 0 aromatic heterocycles. The lowest BCUT2D eigenvalue weighted by Gasteiger charge is -2.19. The monoisotopic (exact) mass is 258 g/mol. The van der Waals surface area contributed by atoms with E-state index >= 15 is 0 Å². The lowest BCUT2D eigenvalue weighted by Crippen LogP contribution is -2.38. The number of likely N-dealkylation sites (N-methyl/N-ethyl adjacent to an activating group) is 1. The highest BCUT2D eigenvalue weighted by Gasteiger charge is 2.15. The summed E-state index contributed by atoms with van der Waals surface area (Å²) in [6.45, 7) is 1.27. The normalized spacial score (nSPS) is 9.94. The molecule has 0 aliphatic heterocycles. The minimum Gasteiger partial charge on any atom is -0.480 e. The van der Waals surface area contributed by atoms with E-state index in [9.17, 15) is 18.4 Å². The number of carboxylic acids is 1. The van der Waals surface area contributed by atoms with Gasteiger partial charge in [0.15, 0.2) is 0 Å². The highest BCUT2D eigenvalue weighted by Crippen LogP contribution is 2.13. The summed E-state index contributed by atoms with van der Waals surface area (Å²) < 4.78 is 25.7. The average Bonchev–Trinajstić information content (AvgIpc) is 2.23. The first-order valence-electron chi connectivity index (χ1n) is 5.16. The van der Waals surface area contributed by atoms with Crippen LogP contribution in [0.25, 0.3) is 0 Å². The number of carbonyl (C=O) groups excluding carboxylic acids is 1. The van der Waals surface area contributed by atoms with Gasteiger partial charge < -0.3 is 15.3 Å². The first kappa shape index (κ1) is 13.9. The van der Waals surface area contributed by atoms with Crippen molar-refractivity contribution in [2.45, 2.75) is 6.92 Å². The molecule has 98 valence electrons. The minimum atomic E-state index is -1.17. The van der Waals surface area contributed by atoms with Gasteiger partial charge >= 0.3 is 12.0 Å². The van der Waals surface area contributed by atoms with Crippen LogP contribution < -0.4 is 5.32 Å². The molecule has 0 heterocycles. The quantitative estimate of drug-likeness (QED) is 0.866. The van der Waals surface area contributed by atoms with Crippen molar-refractivity contribution in [2.75, 3.05) is 18.4 Å². The second-order valence-electron chi connectivity index (χ2n) is 3.50. The summed E-state index contributed by atoms with van der Waals surface area (Å²) in [5, 5.41) is 10.8. The highest BCUT2D eigenvalue weighted by atomic mass is 19.1. The fourth-order valence-electron chi connectivity index (χ4n) is 1.32. The van der Waals surface area contributed by atoms with Crippen molar-refractivity contribution in [1.82, 2.24) is 4.90 Å². The molecule has 5 nitrogen and oxygen atoms in total. The molecule has 2 amide bonds.